The molecule has 0 unspecified atom stereocenters. The standard InChI is InChI=1S/C12H10N4O3/c1-7-2-3-13-8(6-7)16-11(17)9-10(12(18)19)15-5-4-14-9/h2-6H,1H3,(H,18,19)(H,13,16,17). The Hall–Kier alpha value is -2.83. The smallest absolute Gasteiger partial charge is 0.356 e. The Kier molecular flexibility index (Phi) is 3.46. The van der Waals surface area contributed by atoms with Crippen molar-refractivity contribution < 1.29 is 14.7 Å². The lowest BCUT2D eigenvalue weighted by Crippen LogP contribution is -2.19. The van der Waals surface area contributed by atoms with Crippen LogP contribution in [0.1, 0.15) is 26.5 Å². The summed E-state index contributed by atoms with van der Waals surface area (Å²) in [6, 6.07) is 3.44. The highest BCUT2D eigenvalue weighted by molar-refractivity contribution is 6.08. The highest BCUT2D eigenvalue weighted by Gasteiger charge is 2.19. The molecule has 2 heterocycles. The first kappa shape index (κ1) is 12.6. The Morgan fingerprint density at radius 1 is 1.11 bits per heavy atom. The number of pyridine rings is 1. The molecule has 0 aliphatic heterocycles. The van der Waals surface area contributed by atoms with Crippen LogP contribution in [0.4, 0.5) is 5.82 Å². The molecule has 2 aromatic heterocycles. The van der Waals surface area contributed by atoms with Gasteiger partial charge in [-0.2, -0.15) is 0 Å². The van der Waals surface area contributed by atoms with Gasteiger partial charge in [0.1, 0.15) is 5.82 Å². The summed E-state index contributed by atoms with van der Waals surface area (Å²) in [5.41, 5.74) is 0.272. The number of nitrogens with one attached hydrogen (secondary N) is 1. The van der Waals surface area contributed by atoms with Crippen LogP contribution in [0.3, 0.4) is 0 Å². The summed E-state index contributed by atoms with van der Waals surface area (Å²) in [5, 5.41) is 11.4. The summed E-state index contributed by atoms with van der Waals surface area (Å²) < 4.78 is 0. The fourth-order valence-electron chi connectivity index (χ4n) is 1.44. The van der Waals surface area contributed by atoms with Gasteiger partial charge in [-0.25, -0.2) is 19.7 Å². The maximum absolute atomic E-state index is 11.9. The van der Waals surface area contributed by atoms with Gasteiger partial charge in [-0.1, -0.05) is 0 Å². The van der Waals surface area contributed by atoms with Crippen LogP contribution in [0.25, 0.3) is 0 Å². The number of carboxylic acid groups (broad SMARTS) is 1. The van der Waals surface area contributed by atoms with Gasteiger partial charge in [0, 0.05) is 18.6 Å². The summed E-state index contributed by atoms with van der Waals surface area (Å²) in [4.78, 5) is 34.2. The molecule has 0 bridgehead atoms. The van der Waals surface area contributed by atoms with E-state index in [4.69, 9.17) is 5.11 Å². The molecule has 0 saturated carbocycles. The van der Waals surface area contributed by atoms with Crippen molar-refractivity contribution in [3.63, 3.8) is 0 Å². The number of aromatic carboxylic acids is 1. The molecule has 0 aliphatic rings. The normalized spacial score (nSPS) is 9.95. The number of aryl methyl sites for hydroxylation is 1. The molecule has 0 saturated heterocycles. The average Bonchev–Trinajstić information content (AvgIpc) is 2.38. The van der Waals surface area contributed by atoms with Gasteiger partial charge in [0.25, 0.3) is 5.91 Å². The van der Waals surface area contributed by atoms with Crippen LogP contribution in [0.5, 0.6) is 0 Å². The van der Waals surface area contributed by atoms with Gasteiger partial charge < -0.3 is 10.4 Å². The van der Waals surface area contributed by atoms with Crippen molar-refractivity contribution in [3.05, 3.63) is 47.7 Å². The summed E-state index contributed by atoms with van der Waals surface area (Å²) in [5.74, 6) is -1.65. The minimum atomic E-state index is -1.31. The molecule has 2 aromatic rings. The van der Waals surface area contributed by atoms with Crippen LogP contribution in [0, 0.1) is 6.92 Å². The van der Waals surface area contributed by atoms with E-state index < -0.39 is 17.6 Å². The molecule has 0 fully saturated rings. The molecule has 7 nitrogen and oxygen atoms in total. The van der Waals surface area contributed by atoms with E-state index in [2.05, 4.69) is 20.3 Å². The van der Waals surface area contributed by atoms with Crippen LogP contribution in [0.2, 0.25) is 0 Å². The van der Waals surface area contributed by atoms with Crippen molar-refractivity contribution in [2.75, 3.05) is 5.32 Å². The van der Waals surface area contributed by atoms with Gasteiger partial charge in [0.05, 0.1) is 0 Å². The van der Waals surface area contributed by atoms with Crippen molar-refractivity contribution in [1.82, 2.24) is 15.0 Å². The van der Waals surface area contributed by atoms with E-state index in [-0.39, 0.29) is 5.69 Å². The fraction of sp³-hybridized carbons (Fsp3) is 0.0833. The lowest BCUT2D eigenvalue weighted by Gasteiger charge is -2.05. The summed E-state index contributed by atoms with van der Waals surface area (Å²) in [6.45, 7) is 1.85. The monoisotopic (exact) mass is 258 g/mol. The molecule has 0 spiro atoms. The van der Waals surface area contributed by atoms with Crippen LogP contribution < -0.4 is 5.32 Å². The number of anilines is 1. The number of aromatic nitrogens is 3. The van der Waals surface area contributed by atoms with E-state index in [0.29, 0.717) is 5.82 Å². The Labute approximate surface area is 108 Å². The number of nitrogens with zero attached hydrogens (tertiary/aromatic N) is 3. The molecular formula is C12H10N4O3. The molecule has 96 valence electrons. The Morgan fingerprint density at radius 2 is 1.79 bits per heavy atom. The molecule has 0 radical (unpaired) electrons. The molecule has 1 amide bonds. The number of carbonyl (C=O) groups is 2. The van der Waals surface area contributed by atoms with Crippen molar-refractivity contribution in [3.8, 4) is 0 Å². The Balaban J connectivity index is 2.28. The highest BCUT2D eigenvalue weighted by Crippen LogP contribution is 2.09. The third-order valence-electron chi connectivity index (χ3n) is 2.27. The number of carboxylic acids is 1. The lowest BCUT2D eigenvalue weighted by molar-refractivity contribution is 0.0685. The van der Waals surface area contributed by atoms with E-state index >= 15 is 0 Å². The zero-order valence-corrected chi connectivity index (χ0v) is 9.99. The van der Waals surface area contributed by atoms with Gasteiger partial charge in [-0.05, 0) is 24.6 Å². The number of rotatable bonds is 3. The van der Waals surface area contributed by atoms with E-state index in [1.54, 1.807) is 18.3 Å². The quantitative estimate of drug-likeness (QED) is 0.854. The van der Waals surface area contributed by atoms with Crippen LogP contribution in [0.15, 0.2) is 30.7 Å². The van der Waals surface area contributed by atoms with Crippen LogP contribution >= 0.6 is 0 Å². The first-order valence-electron chi connectivity index (χ1n) is 5.36. The van der Waals surface area contributed by atoms with Gasteiger partial charge >= 0.3 is 5.97 Å². The molecule has 0 aromatic carbocycles. The van der Waals surface area contributed by atoms with Gasteiger partial charge in [0.15, 0.2) is 11.4 Å². The molecule has 7 heteroatoms. The van der Waals surface area contributed by atoms with Crippen molar-refractivity contribution in [1.29, 1.82) is 0 Å². The fourth-order valence-corrected chi connectivity index (χ4v) is 1.44. The zero-order chi connectivity index (χ0) is 13.8. The molecule has 19 heavy (non-hydrogen) atoms. The van der Waals surface area contributed by atoms with Crippen LogP contribution in [-0.4, -0.2) is 31.9 Å². The van der Waals surface area contributed by atoms with Crippen LogP contribution in [-0.2, 0) is 0 Å². The third kappa shape index (κ3) is 2.89. The first-order valence-corrected chi connectivity index (χ1v) is 5.36. The Morgan fingerprint density at radius 3 is 2.42 bits per heavy atom. The number of hydrogen-bond donors (Lipinski definition) is 2. The second-order valence-corrected chi connectivity index (χ2v) is 3.73. The molecule has 2 N–H and O–H groups in total. The highest BCUT2D eigenvalue weighted by atomic mass is 16.4. The number of amides is 1. The van der Waals surface area contributed by atoms with Crippen molar-refractivity contribution >= 4 is 17.7 Å². The predicted molar refractivity (Wildman–Crippen MR) is 65.9 cm³/mol. The van der Waals surface area contributed by atoms with E-state index in [9.17, 15) is 9.59 Å². The van der Waals surface area contributed by atoms with Crippen molar-refractivity contribution in [2.45, 2.75) is 6.92 Å². The minimum absolute atomic E-state index is 0.252. The molecule has 0 aliphatic carbocycles. The van der Waals surface area contributed by atoms with E-state index in [1.807, 2.05) is 6.92 Å². The first-order chi connectivity index (χ1) is 9.08. The van der Waals surface area contributed by atoms with Gasteiger partial charge in [-0.3, -0.25) is 4.79 Å². The van der Waals surface area contributed by atoms with Gasteiger partial charge in [-0.15, -0.1) is 0 Å². The third-order valence-corrected chi connectivity index (χ3v) is 2.27. The zero-order valence-electron chi connectivity index (χ0n) is 9.99. The van der Waals surface area contributed by atoms with Gasteiger partial charge in [0.2, 0.25) is 0 Å². The summed E-state index contributed by atoms with van der Waals surface area (Å²) in [7, 11) is 0. The minimum Gasteiger partial charge on any atom is -0.476 e. The lowest BCUT2D eigenvalue weighted by atomic mass is 10.2. The summed E-state index contributed by atoms with van der Waals surface area (Å²) in [6.07, 6.45) is 4.01. The number of hydrogen-bond acceptors (Lipinski definition) is 5. The number of carbonyl (C=O) groups excluding carboxylic acids is 1. The van der Waals surface area contributed by atoms with E-state index in [1.165, 1.54) is 12.4 Å². The maximum atomic E-state index is 11.9. The summed E-state index contributed by atoms with van der Waals surface area (Å²) >= 11 is 0. The Bertz CT molecular complexity index is 642. The SMILES string of the molecule is Cc1ccnc(NC(=O)c2nccnc2C(=O)O)c1. The molecule has 2 rings (SSSR count). The molecular weight excluding hydrogens is 248 g/mol. The van der Waals surface area contributed by atoms with E-state index in [0.717, 1.165) is 5.56 Å². The topological polar surface area (TPSA) is 105 Å². The largest absolute Gasteiger partial charge is 0.476 e. The second kappa shape index (κ2) is 5.21. The average molecular weight is 258 g/mol. The van der Waals surface area contributed by atoms with Crippen molar-refractivity contribution in [2.24, 2.45) is 0 Å². The predicted octanol–water partition coefficient (Wildman–Crippen LogP) is 1.13. The molecule has 0 atom stereocenters. The second-order valence-electron chi connectivity index (χ2n) is 3.73. The maximum Gasteiger partial charge on any atom is 0.356 e.